The Morgan fingerprint density at radius 2 is 2.00 bits per heavy atom. The fourth-order valence-electron chi connectivity index (χ4n) is 1.10. The van der Waals surface area contributed by atoms with Crippen LogP contribution in [0.1, 0.15) is 17.3 Å². The van der Waals surface area contributed by atoms with E-state index in [2.05, 4.69) is 20.9 Å². The van der Waals surface area contributed by atoms with E-state index in [0.29, 0.717) is 6.92 Å². The summed E-state index contributed by atoms with van der Waals surface area (Å²) in [6, 6.07) is 2.55. The fourth-order valence-corrected chi connectivity index (χ4v) is 1.53. The monoisotopic (exact) mass is 340 g/mol. The van der Waals surface area contributed by atoms with Crippen LogP contribution in [0, 0.1) is 0 Å². The smallest absolute Gasteiger partial charge is 0.422 e. The van der Waals surface area contributed by atoms with Crippen molar-refractivity contribution in [1.82, 2.24) is 10.3 Å². The van der Waals surface area contributed by atoms with Crippen LogP contribution in [0.25, 0.3) is 0 Å². The van der Waals surface area contributed by atoms with Gasteiger partial charge in [-0.3, -0.25) is 4.79 Å². The van der Waals surface area contributed by atoms with Crippen molar-refractivity contribution in [3.05, 3.63) is 28.5 Å². The number of halogens is 4. The Labute approximate surface area is 114 Å². The highest BCUT2D eigenvalue weighted by Gasteiger charge is 2.58. The normalized spacial score (nSPS) is 14.6. The van der Waals surface area contributed by atoms with Crippen molar-refractivity contribution in [3.63, 3.8) is 0 Å². The van der Waals surface area contributed by atoms with Gasteiger partial charge in [-0.1, -0.05) is 0 Å². The molecule has 2 N–H and O–H groups in total. The highest BCUT2D eigenvalue weighted by atomic mass is 79.9. The van der Waals surface area contributed by atoms with Crippen LogP contribution in [-0.2, 0) is 4.79 Å². The van der Waals surface area contributed by atoms with E-state index in [0.717, 1.165) is 0 Å². The second kappa shape index (κ2) is 5.16. The van der Waals surface area contributed by atoms with Gasteiger partial charge in [0.1, 0.15) is 4.60 Å². The van der Waals surface area contributed by atoms with Gasteiger partial charge in [0.15, 0.2) is 0 Å². The minimum atomic E-state index is -5.14. The molecule has 19 heavy (non-hydrogen) atoms. The number of carboxylic acids is 1. The van der Waals surface area contributed by atoms with Crippen LogP contribution in [0.4, 0.5) is 13.2 Å². The first-order valence-corrected chi connectivity index (χ1v) is 5.62. The van der Waals surface area contributed by atoms with Gasteiger partial charge in [0.2, 0.25) is 5.54 Å². The minimum Gasteiger partial charge on any atom is -0.479 e. The molecule has 5 nitrogen and oxygen atoms in total. The summed E-state index contributed by atoms with van der Waals surface area (Å²) in [7, 11) is 0. The van der Waals surface area contributed by atoms with Crippen LogP contribution in [0.3, 0.4) is 0 Å². The van der Waals surface area contributed by atoms with Gasteiger partial charge >= 0.3 is 12.1 Å². The third-order valence-corrected chi connectivity index (χ3v) is 2.99. The maximum absolute atomic E-state index is 12.7. The third kappa shape index (κ3) is 3.03. The van der Waals surface area contributed by atoms with Crippen LogP contribution in [-0.4, -0.2) is 33.7 Å². The molecule has 1 heterocycles. The summed E-state index contributed by atoms with van der Waals surface area (Å²) >= 11 is 2.89. The summed E-state index contributed by atoms with van der Waals surface area (Å²) in [6.45, 7) is 0.373. The van der Waals surface area contributed by atoms with Crippen LogP contribution >= 0.6 is 15.9 Å². The third-order valence-electron chi connectivity index (χ3n) is 2.36. The molecule has 1 unspecified atom stereocenters. The predicted molar refractivity (Wildman–Crippen MR) is 61.5 cm³/mol. The van der Waals surface area contributed by atoms with Crippen LogP contribution in [0.15, 0.2) is 22.9 Å². The summed E-state index contributed by atoms with van der Waals surface area (Å²) in [4.78, 5) is 26.1. The lowest BCUT2D eigenvalue weighted by Crippen LogP contribution is -2.61. The average molecular weight is 341 g/mol. The summed E-state index contributed by atoms with van der Waals surface area (Å²) in [5, 5.41) is 10.1. The zero-order valence-electron chi connectivity index (χ0n) is 9.45. The van der Waals surface area contributed by atoms with E-state index in [1.54, 1.807) is 0 Å². The number of nitrogens with zero attached hydrogens (tertiary/aromatic N) is 1. The van der Waals surface area contributed by atoms with Gasteiger partial charge in [-0.15, -0.1) is 0 Å². The molecule has 104 valence electrons. The largest absolute Gasteiger partial charge is 0.479 e. The standard InChI is InChI=1S/C10H8BrF3N2O3/c1-9(8(18)19,10(12,13)14)16-7(17)5-3-2-4-15-6(5)11/h2-4H,1H3,(H,16,17)(H,18,19). The summed E-state index contributed by atoms with van der Waals surface area (Å²) < 4.78 is 38.1. The summed E-state index contributed by atoms with van der Waals surface area (Å²) in [5.74, 6) is -3.39. The molecule has 0 radical (unpaired) electrons. The number of carbonyl (C=O) groups is 2. The van der Waals surface area contributed by atoms with Crippen molar-refractivity contribution >= 4 is 27.8 Å². The van der Waals surface area contributed by atoms with Gasteiger partial charge in [-0.2, -0.15) is 13.2 Å². The van der Waals surface area contributed by atoms with Gasteiger partial charge in [-0.25, -0.2) is 9.78 Å². The van der Waals surface area contributed by atoms with E-state index in [4.69, 9.17) is 5.11 Å². The Morgan fingerprint density at radius 1 is 1.42 bits per heavy atom. The Balaban J connectivity index is 3.10. The van der Waals surface area contributed by atoms with Crippen molar-refractivity contribution in [3.8, 4) is 0 Å². The van der Waals surface area contributed by atoms with Gasteiger partial charge < -0.3 is 10.4 Å². The molecule has 0 spiro atoms. The predicted octanol–water partition coefficient (Wildman–Crippen LogP) is 1.98. The molecule has 0 saturated heterocycles. The molecule has 1 amide bonds. The molecule has 0 aliphatic carbocycles. The molecule has 1 aromatic heterocycles. The minimum absolute atomic E-state index is 0.0161. The number of alkyl halides is 3. The molecule has 0 saturated carbocycles. The fraction of sp³-hybridized carbons (Fsp3) is 0.300. The molecular formula is C10H8BrF3N2O3. The lowest BCUT2D eigenvalue weighted by molar-refractivity contribution is -0.203. The molecule has 1 rings (SSSR count). The Morgan fingerprint density at radius 3 is 2.42 bits per heavy atom. The molecule has 0 fully saturated rings. The van der Waals surface area contributed by atoms with E-state index in [9.17, 15) is 22.8 Å². The number of aliphatic carboxylic acids is 1. The molecular weight excluding hydrogens is 333 g/mol. The maximum Gasteiger partial charge on any atom is 0.422 e. The summed E-state index contributed by atoms with van der Waals surface area (Å²) in [5.41, 5.74) is -3.57. The van der Waals surface area contributed by atoms with Crippen molar-refractivity contribution in [2.75, 3.05) is 0 Å². The molecule has 9 heteroatoms. The first kappa shape index (κ1) is 15.4. The second-order valence-electron chi connectivity index (χ2n) is 3.72. The number of nitrogens with one attached hydrogen (secondary N) is 1. The zero-order chi connectivity index (χ0) is 14.8. The molecule has 0 bridgehead atoms. The number of rotatable bonds is 3. The topological polar surface area (TPSA) is 79.3 Å². The van der Waals surface area contributed by atoms with Gasteiger partial charge in [-0.05, 0) is 35.0 Å². The lowest BCUT2D eigenvalue weighted by atomic mass is 10.0. The van der Waals surface area contributed by atoms with Gasteiger partial charge in [0.05, 0.1) is 5.56 Å². The van der Waals surface area contributed by atoms with Crippen molar-refractivity contribution < 1.29 is 27.9 Å². The van der Waals surface area contributed by atoms with E-state index >= 15 is 0 Å². The molecule has 0 aromatic carbocycles. The highest BCUT2D eigenvalue weighted by molar-refractivity contribution is 9.10. The number of carboxylic acid groups (broad SMARTS) is 1. The number of hydrogen-bond donors (Lipinski definition) is 2. The Kier molecular flexibility index (Phi) is 4.18. The van der Waals surface area contributed by atoms with E-state index in [1.165, 1.54) is 23.6 Å². The molecule has 1 aromatic rings. The van der Waals surface area contributed by atoms with E-state index in [1.807, 2.05) is 0 Å². The number of hydrogen-bond acceptors (Lipinski definition) is 3. The highest BCUT2D eigenvalue weighted by Crippen LogP contribution is 2.31. The molecule has 1 atom stereocenters. The van der Waals surface area contributed by atoms with E-state index < -0.39 is 23.6 Å². The SMILES string of the molecule is CC(NC(=O)c1cccnc1Br)(C(=O)O)C(F)(F)F. The number of pyridine rings is 1. The van der Waals surface area contributed by atoms with Crippen molar-refractivity contribution in [2.45, 2.75) is 18.6 Å². The lowest BCUT2D eigenvalue weighted by Gasteiger charge is -2.28. The number of aromatic nitrogens is 1. The Hall–Kier alpha value is -1.64. The first-order valence-electron chi connectivity index (χ1n) is 4.82. The molecule has 0 aliphatic rings. The van der Waals surface area contributed by atoms with E-state index in [-0.39, 0.29) is 10.2 Å². The molecule has 0 aliphatic heterocycles. The first-order chi connectivity index (χ1) is 8.59. The quantitative estimate of drug-likeness (QED) is 0.824. The van der Waals surface area contributed by atoms with Crippen molar-refractivity contribution in [2.24, 2.45) is 0 Å². The van der Waals surface area contributed by atoms with Crippen LogP contribution < -0.4 is 5.32 Å². The second-order valence-corrected chi connectivity index (χ2v) is 4.47. The Bertz CT molecular complexity index is 521. The number of carbonyl (C=O) groups excluding carboxylic acids is 1. The number of amides is 1. The van der Waals surface area contributed by atoms with Crippen LogP contribution in [0.5, 0.6) is 0 Å². The van der Waals surface area contributed by atoms with Gasteiger partial charge in [0.25, 0.3) is 5.91 Å². The maximum atomic E-state index is 12.7. The zero-order valence-corrected chi connectivity index (χ0v) is 11.0. The van der Waals surface area contributed by atoms with Crippen molar-refractivity contribution in [1.29, 1.82) is 0 Å². The average Bonchev–Trinajstić information content (AvgIpc) is 2.27. The van der Waals surface area contributed by atoms with Gasteiger partial charge in [0, 0.05) is 6.20 Å². The summed E-state index contributed by atoms with van der Waals surface area (Å²) in [6.07, 6.45) is -3.82. The van der Waals surface area contributed by atoms with Crippen LogP contribution in [0.2, 0.25) is 0 Å².